The van der Waals surface area contributed by atoms with E-state index >= 15 is 0 Å². The van der Waals surface area contributed by atoms with Gasteiger partial charge in [-0.2, -0.15) is 15.0 Å². The van der Waals surface area contributed by atoms with Crippen molar-refractivity contribution in [1.29, 1.82) is 0 Å². The molecule has 436 valence electrons. The van der Waals surface area contributed by atoms with Gasteiger partial charge in [0.05, 0.1) is 49.4 Å². The molecule has 2 heterocycles. The zero-order valence-corrected chi connectivity index (χ0v) is 50.0. The monoisotopic (exact) mass is 1180 g/mol. The number of nitrogen functional groups attached to an aromatic ring is 2. The molecule has 0 saturated carbocycles. The molecule has 0 bridgehead atoms. The first kappa shape index (κ1) is 72.3. The quantitative estimate of drug-likeness (QED) is 0.0156. The standard InChI is InChI=1S/C19H17N3O3.C11H13NO3.C10H11NO3.C9H8N2O.C8H11N.C3H3ClO3.Na.H2O/c1-2-15-4-3-5-18(12-15)22-25-11-10-24-21-17-8-6-16(7-9-17)19-13-20-14-23-19;1-3-10-5-4-6-11(9-10)12-14-7-8-15-13-2;1-2-9-4-3-5-10(8-9)11-13-6-7-14-12;10-8-3-1-7(2-4-8)9-5-11-6-12-9;1-2-7-4-3-5-8(9)6-7;1-5-7-3-2-6-4;;/h3-9,12-14,21-22H,2H2,1H3;4-6,9,12H,3H2,1-2H3;3-5,8,11-12H,2H2,1H3;1-6H,10H2;3-6H,2,9H2,1H3;1H3;;1H2/q;;;;;;+1;/p-1. The van der Waals surface area contributed by atoms with E-state index in [9.17, 15) is 0 Å². The summed E-state index contributed by atoms with van der Waals surface area (Å²) in [6.45, 7) is 8.37. The van der Waals surface area contributed by atoms with Crippen LogP contribution in [-0.2, 0) is 73.8 Å². The van der Waals surface area contributed by atoms with Gasteiger partial charge in [-0.15, -0.1) is 0 Å². The van der Waals surface area contributed by atoms with Crippen LogP contribution in [0, 0.1) is 48.9 Å². The summed E-state index contributed by atoms with van der Waals surface area (Å²) in [6, 6.07) is 46.4. The van der Waals surface area contributed by atoms with Gasteiger partial charge in [-0.1, -0.05) is 76.2 Å². The zero-order valence-electron chi connectivity index (χ0n) is 47.2. The van der Waals surface area contributed by atoms with Crippen molar-refractivity contribution in [2.45, 2.75) is 53.4 Å². The van der Waals surface area contributed by atoms with Crippen LogP contribution >= 0.6 is 11.9 Å². The molecule has 6 aromatic carbocycles. The number of nitrogens with one attached hydrogen (secondary N) is 4. The molecule has 0 spiro atoms. The maximum absolute atomic E-state index is 7.86. The maximum Gasteiger partial charge on any atom is 1.00 e. The molecule has 10 N–H and O–H groups in total. The van der Waals surface area contributed by atoms with E-state index in [0.717, 1.165) is 76.7 Å². The average Bonchev–Trinajstić information content (AvgIpc) is 4.35. The number of nitrogens with zero attached hydrogens (tertiary/aromatic N) is 2. The maximum atomic E-state index is 7.86. The first-order chi connectivity index (χ1) is 40.2. The van der Waals surface area contributed by atoms with Crippen LogP contribution < -0.4 is 62.9 Å². The first-order valence-electron chi connectivity index (χ1n) is 24.7. The van der Waals surface area contributed by atoms with Crippen molar-refractivity contribution in [3.05, 3.63) is 193 Å². The van der Waals surface area contributed by atoms with Crippen LogP contribution in [0.3, 0.4) is 0 Å². The summed E-state index contributed by atoms with van der Waals surface area (Å²) in [6.07, 6.45) is 27.2. The van der Waals surface area contributed by atoms with E-state index in [-0.39, 0.29) is 35.0 Å². The summed E-state index contributed by atoms with van der Waals surface area (Å²) in [4.78, 5) is 47.3. The summed E-state index contributed by atoms with van der Waals surface area (Å²) in [5.74, 6) is 1.47. The Hall–Kier alpha value is -9.69. The van der Waals surface area contributed by atoms with Gasteiger partial charge >= 0.3 is 29.6 Å². The Balaban J connectivity index is 0.000000526. The van der Waals surface area contributed by atoms with Crippen LogP contribution in [0.2, 0.25) is 0 Å². The molecular weight excluding hydrogens is 1120 g/mol. The molecule has 8 rings (SSSR count). The van der Waals surface area contributed by atoms with Gasteiger partial charge < -0.3 is 49.4 Å². The first-order valence-corrected chi connectivity index (χ1v) is 25.0. The van der Waals surface area contributed by atoms with Crippen molar-refractivity contribution in [3.8, 4) is 71.5 Å². The van der Waals surface area contributed by atoms with Gasteiger partial charge in [0.25, 0.3) is 0 Å². The van der Waals surface area contributed by atoms with Gasteiger partial charge in [-0.3, -0.25) is 14.7 Å². The molecule has 0 radical (unpaired) electrons. The molecule has 0 aliphatic heterocycles. The molecule has 0 unspecified atom stereocenters. The molecule has 0 aliphatic rings. The zero-order chi connectivity index (χ0) is 59.1. The number of oxazole rings is 2. The van der Waals surface area contributed by atoms with Crippen molar-refractivity contribution >= 4 is 46.0 Å². The van der Waals surface area contributed by atoms with E-state index in [1.807, 2.05) is 152 Å². The molecule has 0 atom stereocenters. The van der Waals surface area contributed by atoms with Gasteiger partial charge in [0.1, 0.15) is 11.9 Å². The fourth-order valence-corrected chi connectivity index (χ4v) is 6.05. The van der Waals surface area contributed by atoms with Crippen LogP contribution in [0.1, 0.15) is 49.9 Å². The van der Waals surface area contributed by atoms with Gasteiger partial charge in [-0.25, -0.2) is 31.9 Å². The van der Waals surface area contributed by atoms with Gasteiger partial charge in [0.2, 0.25) is 18.3 Å². The second-order valence-electron chi connectivity index (χ2n) is 15.5. The van der Waals surface area contributed by atoms with Crippen LogP contribution in [0.5, 0.6) is 0 Å². The topological polar surface area (TPSA) is 295 Å². The number of nitrogens with two attached hydrogens (primary N) is 2. The van der Waals surface area contributed by atoms with E-state index in [0.29, 0.717) is 5.76 Å². The summed E-state index contributed by atoms with van der Waals surface area (Å²) in [5.41, 5.74) is 33.5. The molecule has 0 fully saturated rings. The van der Waals surface area contributed by atoms with Crippen molar-refractivity contribution in [3.63, 3.8) is 0 Å². The van der Waals surface area contributed by atoms with Gasteiger partial charge in [0.15, 0.2) is 54.8 Å². The summed E-state index contributed by atoms with van der Waals surface area (Å²) in [7, 11) is 2.69. The Labute approximate surface area is 515 Å². The molecule has 0 saturated heterocycles. The average molecular weight is 1180 g/mol. The van der Waals surface area contributed by atoms with E-state index in [1.54, 1.807) is 12.4 Å². The molecule has 8 aromatic rings. The minimum atomic E-state index is 0. The number of aryl methyl sites for hydroxylation is 4. The minimum Gasteiger partial charge on any atom is -0.870 e. The van der Waals surface area contributed by atoms with Crippen LogP contribution in [-0.4, -0.2) is 34.9 Å². The largest absolute Gasteiger partial charge is 1.00 e. The second kappa shape index (κ2) is 47.0. The van der Waals surface area contributed by atoms with E-state index in [2.05, 4.69) is 148 Å². The summed E-state index contributed by atoms with van der Waals surface area (Å²) in [5, 5.41) is 7.86. The minimum absolute atomic E-state index is 0. The van der Waals surface area contributed by atoms with E-state index in [4.69, 9.17) is 40.1 Å². The number of hydrogen-bond donors (Lipinski definition) is 7. The SMILES string of the molecule is CCc1cccc(N)c1.CCc1cccc(NOC#CONc2ccc(-c3cnco3)cc2)c1.CCc1cccc(NOC#COO)c1.CCc1cccc(NOC#COOC)c1.COOC#COCl.Nc1ccc(-c2cnco2)cc1.[Na+].[OH-]. The molecule has 84 heavy (non-hydrogen) atoms. The Morgan fingerprint density at radius 1 is 0.464 bits per heavy atom. The van der Waals surface area contributed by atoms with Crippen LogP contribution in [0.25, 0.3) is 22.6 Å². The van der Waals surface area contributed by atoms with E-state index < -0.39 is 0 Å². The molecule has 2 aromatic heterocycles. The third-order valence-corrected chi connectivity index (χ3v) is 10.1. The number of rotatable bonds is 16. The second-order valence-corrected chi connectivity index (χ2v) is 15.6. The van der Waals surface area contributed by atoms with Crippen molar-refractivity contribution in [2.24, 2.45) is 0 Å². The summed E-state index contributed by atoms with van der Waals surface area (Å²) >= 11 is 4.63. The molecular formula is C60H64ClN8NaO14. The number of aromatic nitrogens is 2. The molecule has 0 aliphatic carbocycles. The number of halogens is 1. The third kappa shape index (κ3) is 32.5. The Morgan fingerprint density at radius 3 is 1.19 bits per heavy atom. The number of anilines is 6. The third-order valence-electron chi connectivity index (χ3n) is 9.97. The van der Waals surface area contributed by atoms with Crippen molar-refractivity contribution in [1.82, 2.24) is 9.97 Å². The summed E-state index contributed by atoms with van der Waals surface area (Å²) < 4.78 is 14.1. The smallest absolute Gasteiger partial charge is 0.870 e. The fraction of sp³-hybridized carbons (Fsp3) is 0.167. The molecule has 0 amide bonds. The Bertz CT molecular complexity index is 3230. The molecule has 24 heteroatoms. The number of hydrogen-bond acceptors (Lipinski definition) is 22. The van der Waals surface area contributed by atoms with Gasteiger partial charge in [0, 0.05) is 22.5 Å². The normalized spacial score (nSPS) is 8.76. The Morgan fingerprint density at radius 2 is 0.833 bits per heavy atom. The van der Waals surface area contributed by atoms with Crippen LogP contribution in [0.4, 0.5) is 34.1 Å². The van der Waals surface area contributed by atoms with Gasteiger partial charge in [-0.05, 0) is 145 Å². The van der Waals surface area contributed by atoms with E-state index in [1.165, 1.54) is 49.3 Å². The predicted octanol–water partition coefficient (Wildman–Crippen LogP) is 9.53. The fourth-order valence-electron chi connectivity index (χ4n) is 6.02. The van der Waals surface area contributed by atoms with Crippen molar-refractivity contribution < 1.29 is 97.2 Å². The van der Waals surface area contributed by atoms with Crippen LogP contribution in [0.15, 0.2) is 180 Å². The predicted molar refractivity (Wildman–Crippen MR) is 315 cm³/mol. The number of benzene rings is 6. The van der Waals surface area contributed by atoms with Crippen molar-refractivity contribution in [2.75, 3.05) is 47.6 Å². The molecule has 22 nitrogen and oxygen atoms in total. The Kier molecular flexibility index (Phi) is 40.5.